The van der Waals surface area contributed by atoms with Crippen LogP contribution in [0.2, 0.25) is 0 Å². The smallest absolute Gasteiger partial charge is 0.326 e. The fraction of sp³-hybridized carbons (Fsp3) is 0.267. The van der Waals surface area contributed by atoms with Crippen LogP contribution in [0.4, 0.5) is 21.9 Å². The highest BCUT2D eigenvalue weighted by atomic mass is 16.4. The van der Waals surface area contributed by atoms with Crippen molar-refractivity contribution in [2.24, 2.45) is 0 Å². The van der Waals surface area contributed by atoms with Crippen molar-refractivity contribution in [1.29, 1.82) is 0 Å². The van der Waals surface area contributed by atoms with Crippen LogP contribution in [-0.2, 0) is 27.2 Å². The SMILES string of the molecule is CC(=O)NC(CCC(=O)O)c1cccc(N(C)C(=O)Cc2ccc(NC(=O)N3CCc4ccccc43)cc2)c1. The van der Waals surface area contributed by atoms with E-state index in [1.165, 1.54) is 11.8 Å². The number of hydrogen-bond acceptors (Lipinski definition) is 4. The van der Waals surface area contributed by atoms with Crippen molar-refractivity contribution in [3.8, 4) is 0 Å². The van der Waals surface area contributed by atoms with Gasteiger partial charge in [-0.15, -0.1) is 0 Å². The van der Waals surface area contributed by atoms with Crippen LogP contribution in [0.3, 0.4) is 0 Å². The third-order valence-corrected chi connectivity index (χ3v) is 6.75. The van der Waals surface area contributed by atoms with E-state index in [0.29, 0.717) is 17.9 Å². The average Bonchev–Trinajstić information content (AvgIpc) is 3.36. The molecule has 4 rings (SSSR count). The summed E-state index contributed by atoms with van der Waals surface area (Å²) in [6.07, 6.45) is 1.13. The highest BCUT2D eigenvalue weighted by Gasteiger charge is 2.24. The first-order valence-corrected chi connectivity index (χ1v) is 12.8. The minimum atomic E-state index is -0.944. The Bertz CT molecular complexity index is 1370. The number of nitrogens with one attached hydrogen (secondary N) is 2. The number of urea groups is 1. The van der Waals surface area contributed by atoms with Crippen LogP contribution in [-0.4, -0.2) is 42.5 Å². The number of anilines is 3. The van der Waals surface area contributed by atoms with Crippen LogP contribution in [0.1, 0.15) is 42.5 Å². The van der Waals surface area contributed by atoms with Crippen LogP contribution in [0, 0.1) is 0 Å². The quantitative estimate of drug-likeness (QED) is 0.377. The third-order valence-electron chi connectivity index (χ3n) is 6.75. The van der Waals surface area contributed by atoms with Gasteiger partial charge in [0.2, 0.25) is 11.8 Å². The molecule has 1 heterocycles. The minimum absolute atomic E-state index is 0.0916. The molecule has 9 nitrogen and oxygen atoms in total. The van der Waals surface area contributed by atoms with Crippen molar-refractivity contribution in [3.63, 3.8) is 0 Å². The fourth-order valence-electron chi connectivity index (χ4n) is 4.67. The van der Waals surface area contributed by atoms with Crippen LogP contribution >= 0.6 is 0 Å². The molecule has 0 saturated carbocycles. The zero-order chi connectivity index (χ0) is 27.9. The lowest BCUT2D eigenvalue weighted by molar-refractivity contribution is -0.137. The summed E-state index contributed by atoms with van der Waals surface area (Å²) < 4.78 is 0. The Hall–Kier alpha value is -4.66. The molecular weight excluding hydrogens is 496 g/mol. The summed E-state index contributed by atoms with van der Waals surface area (Å²) in [5, 5.41) is 14.8. The minimum Gasteiger partial charge on any atom is -0.481 e. The van der Waals surface area contributed by atoms with Gasteiger partial charge in [-0.3, -0.25) is 19.3 Å². The zero-order valence-corrected chi connectivity index (χ0v) is 22.0. The molecule has 0 aliphatic carbocycles. The molecule has 39 heavy (non-hydrogen) atoms. The molecule has 1 unspecified atom stereocenters. The summed E-state index contributed by atoms with van der Waals surface area (Å²) in [5.74, 6) is -1.34. The number of amides is 4. The number of aliphatic carboxylic acids is 1. The van der Waals surface area contributed by atoms with E-state index in [1.807, 2.05) is 36.4 Å². The van der Waals surface area contributed by atoms with E-state index >= 15 is 0 Å². The Kier molecular flexibility index (Phi) is 8.60. The predicted molar refractivity (Wildman–Crippen MR) is 150 cm³/mol. The molecule has 3 aromatic rings. The first-order chi connectivity index (χ1) is 18.7. The van der Waals surface area contributed by atoms with Gasteiger partial charge in [0.05, 0.1) is 12.5 Å². The second kappa shape index (κ2) is 12.3. The molecule has 3 aromatic carbocycles. The topological polar surface area (TPSA) is 119 Å². The van der Waals surface area contributed by atoms with Gasteiger partial charge in [0.15, 0.2) is 0 Å². The monoisotopic (exact) mass is 528 g/mol. The molecule has 0 spiro atoms. The number of carbonyl (C=O) groups is 4. The van der Waals surface area contributed by atoms with Crippen molar-refractivity contribution in [3.05, 3.63) is 89.5 Å². The van der Waals surface area contributed by atoms with E-state index in [9.17, 15) is 19.2 Å². The Labute approximate surface area is 227 Å². The number of carboxylic acids is 1. The van der Waals surface area contributed by atoms with Gasteiger partial charge in [-0.2, -0.15) is 0 Å². The zero-order valence-electron chi connectivity index (χ0n) is 22.0. The third kappa shape index (κ3) is 7.01. The summed E-state index contributed by atoms with van der Waals surface area (Å²) in [5.41, 5.74) is 4.89. The normalized spacial score (nSPS) is 12.8. The summed E-state index contributed by atoms with van der Waals surface area (Å²) in [6.45, 7) is 2.02. The van der Waals surface area contributed by atoms with E-state index in [2.05, 4.69) is 10.6 Å². The van der Waals surface area contributed by atoms with Gasteiger partial charge in [-0.25, -0.2) is 4.79 Å². The summed E-state index contributed by atoms with van der Waals surface area (Å²) in [4.78, 5) is 51.8. The molecule has 202 valence electrons. The molecule has 1 atom stereocenters. The van der Waals surface area contributed by atoms with E-state index in [0.717, 1.165) is 28.8 Å². The Morgan fingerprint density at radius 2 is 1.74 bits per heavy atom. The van der Waals surface area contributed by atoms with Crippen molar-refractivity contribution in [2.45, 2.75) is 38.6 Å². The predicted octanol–water partition coefficient (Wildman–Crippen LogP) is 4.53. The summed E-state index contributed by atoms with van der Waals surface area (Å²) >= 11 is 0. The maximum atomic E-state index is 13.0. The largest absolute Gasteiger partial charge is 0.481 e. The average molecular weight is 529 g/mol. The molecule has 0 bridgehead atoms. The molecular formula is C30H32N4O5. The van der Waals surface area contributed by atoms with Crippen LogP contribution < -0.4 is 20.4 Å². The first kappa shape index (κ1) is 27.4. The van der Waals surface area contributed by atoms with E-state index in [4.69, 9.17) is 5.11 Å². The fourth-order valence-corrected chi connectivity index (χ4v) is 4.67. The lowest BCUT2D eigenvalue weighted by atomic mass is 10.0. The Morgan fingerprint density at radius 1 is 1.00 bits per heavy atom. The Balaban J connectivity index is 1.37. The number of para-hydroxylation sites is 1. The number of benzene rings is 3. The summed E-state index contributed by atoms with van der Waals surface area (Å²) in [6, 6.07) is 21.6. The van der Waals surface area contributed by atoms with Gasteiger partial charge in [-0.05, 0) is 59.9 Å². The van der Waals surface area contributed by atoms with Crippen molar-refractivity contribution >= 4 is 40.9 Å². The molecule has 0 saturated heterocycles. The van der Waals surface area contributed by atoms with Crippen molar-refractivity contribution in [1.82, 2.24) is 5.32 Å². The number of carbonyl (C=O) groups excluding carboxylic acids is 3. The molecule has 0 fully saturated rings. The van der Waals surface area contributed by atoms with E-state index in [1.54, 1.807) is 48.3 Å². The van der Waals surface area contributed by atoms with E-state index < -0.39 is 12.0 Å². The number of carboxylic acid groups (broad SMARTS) is 1. The summed E-state index contributed by atoms with van der Waals surface area (Å²) in [7, 11) is 1.68. The molecule has 0 radical (unpaired) electrons. The van der Waals surface area contributed by atoms with Crippen molar-refractivity contribution in [2.75, 3.05) is 28.7 Å². The van der Waals surface area contributed by atoms with Gasteiger partial charge in [-0.1, -0.05) is 42.5 Å². The highest BCUT2D eigenvalue weighted by Crippen LogP contribution is 2.28. The lowest BCUT2D eigenvalue weighted by Crippen LogP contribution is -2.33. The number of rotatable bonds is 9. The molecule has 0 aromatic heterocycles. The van der Waals surface area contributed by atoms with Gasteiger partial charge >= 0.3 is 12.0 Å². The number of hydrogen-bond donors (Lipinski definition) is 3. The van der Waals surface area contributed by atoms with E-state index in [-0.39, 0.29) is 37.1 Å². The maximum Gasteiger partial charge on any atom is 0.326 e. The van der Waals surface area contributed by atoms with Gasteiger partial charge in [0, 0.05) is 44.0 Å². The second-order valence-electron chi connectivity index (χ2n) is 9.57. The van der Waals surface area contributed by atoms with Crippen LogP contribution in [0.15, 0.2) is 72.8 Å². The Morgan fingerprint density at radius 3 is 2.46 bits per heavy atom. The van der Waals surface area contributed by atoms with Crippen molar-refractivity contribution < 1.29 is 24.3 Å². The molecule has 1 aliphatic heterocycles. The first-order valence-electron chi connectivity index (χ1n) is 12.8. The highest BCUT2D eigenvalue weighted by molar-refractivity contribution is 6.03. The maximum absolute atomic E-state index is 13.0. The van der Waals surface area contributed by atoms with Gasteiger partial charge < -0.3 is 20.6 Å². The molecule has 1 aliphatic rings. The number of likely N-dealkylation sites (N-methyl/N-ethyl adjacent to an activating group) is 1. The van der Waals surface area contributed by atoms with Gasteiger partial charge in [0.25, 0.3) is 0 Å². The number of fused-ring (bicyclic) bond motifs is 1. The molecule has 9 heteroatoms. The number of nitrogens with zero attached hydrogens (tertiary/aromatic N) is 2. The lowest BCUT2D eigenvalue weighted by Gasteiger charge is -2.22. The van der Waals surface area contributed by atoms with Gasteiger partial charge in [0.1, 0.15) is 0 Å². The second-order valence-corrected chi connectivity index (χ2v) is 9.57. The van der Waals surface area contributed by atoms with Crippen LogP contribution in [0.5, 0.6) is 0 Å². The van der Waals surface area contributed by atoms with Crippen LogP contribution in [0.25, 0.3) is 0 Å². The molecule has 4 amide bonds. The standard InChI is InChI=1S/C30H32N4O5/c1-20(35)31-26(14-15-29(37)38)23-7-5-8-25(19-23)33(2)28(36)18-21-10-12-24(13-11-21)32-30(39)34-17-16-22-6-3-4-9-27(22)34/h3-13,19,26H,14-18H2,1-2H3,(H,31,35)(H,32,39)(H,37,38). The molecule has 3 N–H and O–H groups in total.